The Labute approximate surface area is 151 Å². The summed E-state index contributed by atoms with van der Waals surface area (Å²) < 4.78 is 24.9. The van der Waals surface area contributed by atoms with Crippen molar-refractivity contribution in [3.63, 3.8) is 0 Å². The Kier molecular flexibility index (Phi) is 4.55. The Morgan fingerprint density at radius 1 is 1.24 bits per heavy atom. The minimum absolute atomic E-state index is 0.119. The normalized spacial score (nSPS) is 12.6. The number of aromatic nitrogens is 2. The van der Waals surface area contributed by atoms with Crippen LogP contribution in [0.2, 0.25) is 0 Å². The molecule has 2 aromatic heterocycles. The van der Waals surface area contributed by atoms with Crippen LogP contribution in [0.4, 0.5) is 0 Å². The third kappa shape index (κ3) is 3.99. The van der Waals surface area contributed by atoms with Crippen molar-refractivity contribution < 1.29 is 13.2 Å². The van der Waals surface area contributed by atoms with Crippen LogP contribution in [0.1, 0.15) is 41.8 Å². The molecule has 1 aromatic carbocycles. The van der Waals surface area contributed by atoms with Crippen LogP contribution in [0, 0.1) is 0 Å². The molecule has 132 valence electrons. The summed E-state index contributed by atoms with van der Waals surface area (Å²) in [6, 6.07) is 7.34. The number of aromatic amines is 1. The summed E-state index contributed by atoms with van der Waals surface area (Å²) in [6.45, 7) is 6.10. The first-order valence-corrected chi connectivity index (χ1v) is 10.6. The number of H-pyrrole nitrogens is 1. The summed E-state index contributed by atoms with van der Waals surface area (Å²) in [7, 11) is -3.58. The van der Waals surface area contributed by atoms with Crippen molar-refractivity contribution >= 4 is 37.9 Å². The largest absolute Gasteiger partial charge is 0.360 e. The van der Waals surface area contributed by atoms with Crippen molar-refractivity contribution in [3.8, 4) is 0 Å². The summed E-state index contributed by atoms with van der Waals surface area (Å²) in [5.74, 6) is -1.13. The van der Waals surface area contributed by atoms with Gasteiger partial charge in [-0.25, -0.2) is 13.4 Å². The van der Waals surface area contributed by atoms with Gasteiger partial charge in [0, 0.05) is 33.5 Å². The predicted molar refractivity (Wildman–Crippen MR) is 101 cm³/mol. The van der Waals surface area contributed by atoms with Gasteiger partial charge in [-0.1, -0.05) is 39.0 Å². The highest BCUT2D eigenvalue weighted by atomic mass is 32.2. The van der Waals surface area contributed by atoms with E-state index in [0.717, 1.165) is 15.9 Å². The Morgan fingerprint density at radius 3 is 2.64 bits per heavy atom. The molecule has 7 heteroatoms. The number of ketones is 1. The van der Waals surface area contributed by atoms with Crippen molar-refractivity contribution in [2.45, 2.75) is 31.9 Å². The van der Waals surface area contributed by atoms with E-state index < -0.39 is 21.4 Å². The van der Waals surface area contributed by atoms with Gasteiger partial charge in [0.05, 0.1) is 16.5 Å². The van der Waals surface area contributed by atoms with E-state index in [2.05, 4.69) is 9.97 Å². The zero-order chi connectivity index (χ0) is 18.2. The monoisotopic (exact) mass is 376 g/mol. The van der Waals surface area contributed by atoms with Crippen LogP contribution in [0.5, 0.6) is 0 Å². The van der Waals surface area contributed by atoms with E-state index in [1.54, 1.807) is 11.6 Å². The summed E-state index contributed by atoms with van der Waals surface area (Å²) in [6.07, 6.45) is 1.57. The van der Waals surface area contributed by atoms with Crippen LogP contribution in [0.3, 0.4) is 0 Å². The van der Waals surface area contributed by atoms with E-state index in [1.807, 2.05) is 45.0 Å². The molecule has 0 amide bonds. The average molecular weight is 377 g/mol. The molecule has 0 spiro atoms. The Hall–Kier alpha value is -1.99. The number of nitrogens with one attached hydrogen (secondary N) is 1. The molecular formula is C18H20N2O3S2. The Bertz CT molecular complexity index is 1020. The minimum atomic E-state index is -3.58. The molecular weight excluding hydrogens is 356 g/mol. The lowest BCUT2D eigenvalue weighted by atomic mass is 9.98. The van der Waals surface area contributed by atoms with Crippen LogP contribution in [-0.4, -0.2) is 29.9 Å². The molecule has 3 rings (SSSR count). The molecule has 0 radical (unpaired) electrons. The number of rotatable bonds is 5. The number of para-hydroxylation sites is 1. The van der Waals surface area contributed by atoms with Crippen LogP contribution in [-0.2, 0) is 21.0 Å². The highest BCUT2D eigenvalue weighted by molar-refractivity contribution is 7.91. The first-order valence-electron chi connectivity index (χ1n) is 7.90. The van der Waals surface area contributed by atoms with Crippen molar-refractivity contribution in [3.05, 3.63) is 52.1 Å². The molecule has 0 aliphatic rings. The molecule has 1 N–H and O–H groups in total. The van der Waals surface area contributed by atoms with Gasteiger partial charge in [-0.2, -0.15) is 0 Å². The first-order chi connectivity index (χ1) is 11.7. The number of benzene rings is 1. The maximum atomic E-state index is 12.5. The molecule has 3 aromatic rings. The number of hydrogen-bond acceptors (Lipinski definition) is 5. The van der Waals surface area contributed by atoms with Gasteiger partial charge in [-0.05, 0) is 6.07 Å². The molecule has 2 heterocycles. The molecule has 0 fully saturated rings. The fraction of sp³-hybridized carbons (Fsp3) is 0.333. The Morgan fingerprint density at radius 2 is 1.96 bits per heavy atom. The predicted octanol–water partition coefficient (Wildman–Crippen LogP) is 3.72. The van der Waals surface area contributed by atoms with Crippen molar-refractivity contribution in [2.75, 3.05) is 5.75 Å². The quantitative estimate of drug-likeness (QED) is 0.688. The second-order valence-electron chi connectivity index (χ2n) is 7.10. The fourth-order valence-corrected chi connectivity index (χ4v) is 4.84. The number of nitrogens with zero attached hydrogens (tertiary/aromatic N) is 1. The molecule has 0 unspecified atom stereocenters. The molecule has 0 aliphatic heterocycles. The summed E-state index contributed by atoms with van der Waals surface area (Å²) in [5, 5.41) is 3.39. The lowest BCUT2D eigenvalue weighted by Crippen LogP contribution is -2.18. The number of carbonyl (C=O) groups is 1. The SMILES string of the molecule is CC(C)(C)c1nc(CS(=O)(=O)CC(=O)c2c[nH]c3ccccc23)cs1. The number of fused-ring (bicyclic) bond motifs is 1. The van der Waals surface area contributed by atoms with E-state index in [0.29, 0.717) is 11.3 Å². The van der Waals surface area contributed by atoms with Crippen molar-refractivity contribution in [2.24, 2.45) is 0 Å². The van der Waals surface area contributed by atoms with Gasteiger partial charge >= 0.3 is 0 Å². The third-order valence-corrected chi connectivity index (χ3v) is 6.56. The highest BCUT2D eigenvalue weighted by Gasteiger charge is 2.24. The zero-order valence-electron chi connectivity index (χ0n) is 14.4. The smallest absolute Gasteiger partial charge is 0.180 e. The van der Waals surface area contributed by atoms with Gasteiger partial charge in [0.15, 0.2) is 15.6 Å². The number of Topliss-reactive ketones (excluding diaryl/α,β-unsaturated/α-hetero) is 1. The van der Waals surface area contributed by atoms with Crippen LogP contribution >= 0.6 is 11.3 Å². The highest BCUT2D eigenvalue weighted by Crippen LogP contribution is 2.26. The second-order valence-corrected chi connectivity index (χ2v) is 10.0. The van der Waals surface area contributed by atoms with E-state index in [-0.39, 0.29) is 11.2 Å². The molecule has 0 atom stereocenters. The molecule has 0 saturated heterocycles. The van der Waals surface area contributed by atoms with E-state index in [1.165, 1.54) is 11.3 Å². The van der Waals surface area contributed by atoms with Gasteiger partial charge in [-0.3, -0.25) is 4.79 Å². The maximum absolute atomic E-state index is 12.5. The van der Waals surface area contributed by atoms with Gasteiger partial charge in [0.25, 0.3) is 0 Å². The van der Waals surface area contributed by atoms with Crippen molar-refractivity contribution in [1.29, 1.82) is 0 Å². The summed E-state index contributed by atoms with van der Waals surface area (Å²) >= 11 is 1.45. The topological polar surface area (TPSA) is 79.9 Å². The lowest BCUT2D eigenvalue weighted by Gasteiger charge is -2.13. The number of hydrogen-bond donors (Lipinski definition) is 1. The average Bonchev–Trinajstić information content (AvgIpc) is 3.12. The number of thiazole rings is 1. The molecule has 0 aliphatic carbocycles. The lowest BCUT2D eigenvalue weighted by molar-refractivity contribution is 0.102. The first kappa shape index (κ1) is 17.8. The summed E-state index contributed by atoms with van der Waals surface area (Å²) in [5.41, 5.74) is 1.61. The maximum Gasteiger partial charge on any atom is 0.180 e. The van der Waals surface area contributed by atoms with Gasteiger partial charge in [-0.15, -0.1) is 11.3 Å². The van der Waals surface area contributed by atoms with Crippen LogP contribution in [0.15, 0.2) is 35.8 Å². The fourth-order valence-electron chi connectivity index (χ4n) is 2.57. The molecule has 0 bridgehead atoms. The van der Waals surface area contributed by atoms with E-state index in [4.69, 9.17) is 0 Å². The van der Waals surface area contributed by atoms with Gasteiger partial charge in [0.2, 0.25) is 0 Å². The zero-order valence-corrected chi connectivity index (χ0v) is 16.0. The molecule has 0 saturated carbocycles. The molecule has 25 heavy (non-hydrogen) atoms. The Balaban J connectivity index is 1.77. The van der Waals surface area contributed by atoms with Crippen LogP contribution < -0.4 is 0 Å². The third-order valence-electron chi connectivity index (χ3n) is 3.80. The van der Waals surface area contributed by atoms with Gasteiger partial charge < -0.3 is 4.98 Å². The molecule has 5 nitrogen and oxygen atoms in total. The van der Waals surface area contributed by atoms with E-state index in [9.17, 15) is 13.2 Å². The van der Waals surface area contributed by atoms with Crippen molar-refractivity contribution in [1.82, 2.24) is 9.97 Å². The number of sulfone groups is 1. The second kappa shape index (κ2) is 6.38. The van der Waals surface area contributed by atoms with Gasteiger partial charge in [0.1, 0.15) is 5.75 Å². The van der Waals surface area contributed by atoms with E-state index >= 15 is 0 Å². The summed E-state index contributed by atoms with van der Waals surface area (Å²) in [4.78, 5) is 19.9. The van der Waals surface area contributed by atoms with Crippen LogP contribution in [0.25, 0.3) is 10.9 Å². The number of carbonyl (C=O) groups excluding carboxylic acids is 1. The minimum Gasteiger partial charge on any atom is -0.360 e. The standard InChI is InChI=1S/C18H20N2O3S2/c1-18(2,3)17-20-12(9-24-17)10-25(22,23)11-16(21)14-8-19-15-7-5-4-6-13(14)15/h4-9,19H,10-11H2,1-3H3.